The van der Waals surface area contributed by atoms with Gasteiger partial charge in [0.2, 0.25) is 0 Å². The van der Waals surface area contributed by atoms with Crippen LogP contribution in [0.4, 0.5) is 5.13 Å². The van der Waals surface area contributed by atoms with Gasteiger partial charge in [-0.3, -0.25) is 14.5 Å². The van der Waals surface area contributed by atoms with Gasteiger partial charge >= 0.3 is 5.91 Å². The highest BCUT2D eigenvalue weighted by Gasteiger charge is 2.48. The number of aliphatic hydroxyl groups excluding tert-OH is 1. The van der Waals surface area contributed by atoms with Crippen LogP contribution in [0, 0.1) is 0 Å². The van der Waals surface area contributed by atoms with E-state index in [0.717, 1.165) is 24.0 Å². The van der Waals surface area contributed by atoms with Crippen molar-refractivity contribution in [2.45, 2.75) is 32.2 Å². The van der Waals surface area contributed by atoms with Crippen molar-refractivity contribution in [1.29, 1.82) is 0 Å². The zero-order valence-electron chi connectivity index (χ0n) is 22.5. The molecule has 0 bridgehead atoms. The molecule has 1 unspecified atom stereocenters. The van der Waals surface area contributed by atoms with Crippen molar-refractivity contribution in [1.82, 2.24) is 4.98 Å². The molecule has 1 amide bonds. The number of methoxy groups -OCH3 is 2. The summed E-state index contributed by atoms with van der Waals surface area (Å²) in [6.07, 6.45) is 3.06. The first kappa shape index (κ1) is 27.2. The number of carbonyl (C=O) groups excluding carboxylic acids is 2. The SMILES string of the molecule is CCCCCOc1cccc(C2/C(=C(\O)c3ccc(OC)cc3)C(=O)C(=O)N2c2nc3ccc(OC)cc3s2)c1. The lowest BCUT2D eigenvalue weighted by molar-refractivity contribution is -0.132. The van der Waals surface area contributed by atoms with E-state index in [1.165, 1.54) is 16.2 Å². The van der Waals surface area contributed by atoms with E-state index in [4.69, 9.17) is 14.2 Å². The Morgan fingerprint density at radius 1 is 0.950 bits per heavy atom. The maximum absolute atomic E-state index is 13.6. The predicted octanol–water partition coefficient (Wildman–Crippen LogP) is 6.51. The lowest BCUT2D eigenvalue weighted by Gasteiger charge is -2.23. The average molecular weight is 559 g/mol. The molecule has 0 radical (unpaired) electrons. The van der Waals surface area contributed by atoms with E-state index in [-0.39, 0.29) is 11.3 Å². The monoisotopic (exact) mass is 558 g/mol. The molecule has 1 aromatic heterocycles. The Bertz CT molecular complexity index is 1580. The molecule has 2 heterocycles. The van der Waals surface area contributed by atoms with Crippen molar-refractivity contribution in [3.05, 3.63) is 83.4 Å². The Morgan fingerprint density at radius 2 is 1.70 bits per heavy atom. The lowest BCUT2D eigenvalue weighted by atomic mass is 9.95. The third kappa shape index (κ3) is 5.24. The Kier molecular flexibility index (Phi) is 8.02. The second-order valence-electron chi connectivity index (χ2n) is 9.36. The number of nitrogens with zero attached hydrogens (tertiary/aromatic N) is 2. The second-order valence-corrected chi connectivity index (χ2v) is 10.4. The van der Waals surface area contributed by atoms with Crippen LogP contribution in [-0.2, 0) is 9.59 Å². The van der Waals surface area contributed by atoms with Gasteiger partial charge in [-0.2, -0.15) is 0 Å². The summed E-state index contributed by atoms with van der Waals surface area (Å²) < 4.78 is 17.3. The number of aliphatic hydroxyl groups is 1. The molecule has 1 fully saturated rings. The van der Waals surface area contributed by atoms with E-state index in [9.17, 15) is 14.7 Å². The van der Waals surface area contributed by atoms with Gasteiger partial charge in [0.25, 0.3) is 5.78 Å². The molecule has 3 aromatic carbocycles. The van der Waals surface area contributed by atoms with E-state index in [1.807, 2.05) is 36.4 Å². The average Bonchev–Trinajstić information content (AvgIpc) is 3.52. The van der Waals surface area contributed by atoms with Crippen LogP contribution in [0.1, 0.15) is 43.4 Å². The molecular weight excluding hydrogens is 528 g/mol. The minimum atomic E-state index is -0.913. The maximum atomic E-state index is 13.6. The third-order valence-corrected chi connectivity index (χ3v) is 7.81. The number of amides is 1. The summed E-state index contributed by atoms with van der Waals surface area (Å²) in [7, 11) is 3.13. The van der Waals surface area contributed by atoms with Gasteiger partial charge in [0, 0.05) is 5.56 Å². The summed E-state index contributed by atoms with van der Waals surface area (Å²) in [5.41, 5.74) is 1.67. The summed E-state index contributed by atoms with van der Waals surface area (Å²) in [5.74, 6) is 0.0631. The highest BCUT2D eigenvalue weighted by Crippen LogP contribution is 2.45. The third-order valence-electron chi connectivity index (χ3n) is 6.79. The number of anilines is 1. The van der Waals surface area contributed by atoms with E-state index in [2.05, 4.69) is 11.9 Å². The van der Waals surface area contributed by atoms with Gasteiger partial charge < -0.3 is 19.3 Å². The number of hydrogen-bond donors (Lipinski definition) is 1. The Morgan fingerprint density at radius 3 is 2.42 bits per heavy atom. The molecule has 1 aliphatic rings. The fourth-order valence-corrected chi connectivity index (χ4v) is 5.71. The molecule has 1 atom stereocenters. The summed E-state index contributed by atoms with van der Waals surface area (Å²) in [6.45, 7) is 2.69. The standard InChI is InChI=1S/C31H30N2O6S/c1-4-5-6-16-39-23-9-7-8-20(17-23)27-26(28(34)19-10-12-21(37-2)13-11-19)29(35)30(36)33(27)31-32-24-15-14-22(38-3)18-25(24)40-31/h7-15,17-18,27,34H,4-6,16H2,1-3H3/b28-26+. The molecule has 5 rings (SSSR count). The first-order chi connectivity index (χ1) is 19.4. The maximum Gasteiger partial charge on any atom is 0.301 e. The molecule has 4 aromatic rings. The zero-order valence-corrected chi connectivity index (χ0v) is 23.4. The number of benzene rings is 3. The van der Waals surface area contributed by atoms with Crippen LogP contribution >= 0.6 is 11.3 Å². The number of ether oxygens (including phenoxy) is 3. The lowest BCUT2D eigenvalue weighted by Crippen LogP contribution is -2.29. The molecule has 0 aliphatic carbocycles. The van der Waals surface area contributed by atoms with Gasteiger partial charge in [-0.25, -0.2) is 4.98 Å². The molecule has 1 saturated heterocycles. The van der Waals surface area contributed by atoms with Gasteiger partial charge in [0.1, 0.15) is 23.0 Å². The molecule has 9 heteroatoms. The first-order valence-corrected chi connectivity index (χ1v) is 13.9. The summed E-state index contributed by atoms with van der Waals surface area (Å²) in [6, 6.07) is 18.5. The van der Waals surface area contributed by atoms with Crippen molar-refractivity contribution in [2.24, 2.45) is 0 Å². The first-order valence-electron chi connectivity index (χ1n) is 13.1. The fraction of sp³-hybridized carbons (Fsp3) is 0.258. The van der Waals surface area contributed by atoms with Crippen LogP contribution in [0.5, 0.6) is 17.2 Å². The van der Waals surface area contributed by atoms with Crippen LogP contribution in [-0.4, -0.2) is 42.6 Å². The molecule has 8 nitrogen and oxygen atoms in total. The molecule has 1 N–H and O–H groups in total. The van der Waals surface area contributed by atoms with E-state index >= 15 is 0 Å². The Balaban J connectivity index is 1.63. The van der Waals surface area contributed by atoms with Gasteiger partial charge in [0.15, 0.2) is 5.13 Å². The van der Waals surface area contributed by atoms with Crippen molar-refractivity contribution in [3.8, 4) is 17.2 Å². The Labute approximate surface area is 236 Å². The van der Waals surface area contributed by atoms with Crippen LogP contribution in [0.2, 0.25) is 0 Å². The van der Waals surface area contributed by atoms with E-state index in [1.54, 1.807) is 44.6 Å². The smallest absolute Gasteiger partial charge is 0.301 e. The number of rotatable bonds is 10. The highest BCUT2D eigenvalue weighted by molar-refractivity contribution is 7.22. The predicted molar refractivity (Wildman–Crippen MR) is 155 cm³/mol. The number of fused-ring (bicyclic) bond motifs is 1. The number of Topliss-reactive ketones (excluding diaryl/α,β-unsaturated/α-hetero) is 1. The normalized spacial score (nSPS) is 16.5. The van der Waals surface area contributed by atoms with Crippen molar-refractivity contribution in [3.63, 3.8) is 0 Å². The van der Waals surface area contributed by atoms with Crippen molar-refractivity contribution < 1.29 is 28.9 Å². The van der Waals surface area contributed by atoms with E-state index < -0.39 is 17.7 Å². The summed E-state index contributed by atoms with van der Waals surface area (Å²) in [5, 5.41) is 11.8. The topological polar surface area (TPSA) is 98.2 Å². The summed E-state index contributed by atoms with van der Waals surface area (Å²) in [4.78, 5) is 33.2. The van der Waals surface area contributed by atoms with Crippen LogP contribution in [0.25, 0.3) is 16.0 Å². The molecule has 1 aliphatic heterocycles. The number of ketones is 1. The minimum Gasteiger partial charge on any atom is -0.507 e. The van der Waals surface area contributed by atoms with Crippen LogP contribution in [0.3, 0.4) is 0 Å². The largest absolute Gasteiger partial charge is 0.507 e. The molecule has 0 spiro atoms. The summed E-state index contributed by atoms with van der Waals surface area (Å²) >= 11 is 1.28. The van der Waals surface area contributed by atoms with Gasteiger partial charge in [-0.1, -0.05) is 43.2 Å². The molecule has 206 valence electrons. The number of hydrogen-bond acceptors (Lipinski definition) is 8. The molecule has 0 saturated carbocycles. The van der Waals surface area contributed by atoms with Crippen LogP contribution in [0.15, 0.2) is 72.3 Å². The van der Waals surface area contributed by atoms with Crippen LogP contribution < -0.4 is 19.1 Å². The second kappa shape index (κ2) is 11.8. The fourth-order valence-electron chi connectivity index (χ4n) is 4.69. The number of thiazole rings is 1. The molecule has 40 heavy (non-hydrogen) atoms. The highest BCUT2D eigenvalue weighted by atomic mass is 32.1. The molecular formula is C31H30N2O6S. The Hall–Kier alpha value is -4.37. The minimum absolute atomic E-state index is 0.0184. The number of carbonyl (C=O) groups is 2. The van der Waals surface area contributed by atoms with Gasteiger partial charge in [-0.05, 0) is 66.6 Å². The van der Waals surface area contributed by atoms with E-state index in [0.29, 0.717) is 45.6 Å². The number of unbranched alkanes of at least 4 members (excludes halogenated alkanes) is 2. The van der Waals surface area contributed by atoms with Crippen molar-refractivity contribution >= 4 is 44.1 Å². The number of aromatic nitrogens is 1. The quantitative estimate of drug-likeness (QED) is 0.103. The van der Waals surface area contributed by atoms with Gasteiger partial charge in [0.05, 0.1) is 42.7 Å². The van der Waals surface area contributed by atoms with Gasteiger partial charge in [-0.15, -0.1) is 0 Å². The zero-order chi connectivity index (χ0) is 28.2. The van der Waals surface area contributed by atoms with Crippen molar-refractivity contribution in [2.75, 3.05) is 25.7 Å².